The van der Waals surface area contributed by atoms with Crippen LogP contribution < -0.4 is 15.4 Å². The third-order valence-electron chi connectivity index (χ3n) is 4.16. The van der Waals surface area contributed by atoms with Gasteiger partial charge in [-0.05, 0) is 72.9 Å². The molecule has 5 heteroatoms. The number of ether oxygens (including phenoxy) is 1. The van der Waals surface area contributed by atoms with E-state index in [4.69, 9.17) is 16.3 Å². The molecule has 0 aliphatic carbocycles. The zero-order valence-corrected chi connectivity index (χ0v) is 16.1. The summed E-state index contributed by atoms with van der Waals surface area (Å²) in [5.74, 6) is 1.22. The van der Waals surface area contributed by atoms with Gasteiger partial charge in [-0.15, -0.1) is 0 Å². The van der Waals surface area contributed by atoms with Gasteiger partial charge in [-0.2, -0.15) is 0 Å². The Morgan fingerprint density at radius 3 is 2.28 bits per heavy atom. The normalized spacial score (nSPS) is 12.0. The van der Waals surface area contributed by atoms with E-state index in [0.717, 1.165) is 22.4 Å². The number of benzene rings is 2. The first-order valence-corrected chi connectivity index (χ1v) is 8.71. The minimum Gasteiger partial charge on any atom is -0.496 e. The summed E-state index contributed by atoms with van der Waals surface area (Å²) in [7, 11) is 1.68. The number of hydrogen-bond acceptors (Lipinski definition) is 2. The summed E-state index contributed by atoms with van der Waals surface area (Å²) in [5.41, 5.74) is 3.99. The summed E-state index contributed by atoms with van der Waals surface area (Å²) in [6.45, 7) is 8.25. The molecule has 25 heavy (non-hydrogen) atoms. The van der Waals surface area contributed by atoms with Crippen LogP contribution in [0.5, 0.6) is 5.75 Å². The van der Waals surface area contributed by atoms with Crippen LogP contribution in [0.25, 0.3) is 0 Å². The maximum absolute atomic E-state index is 12.3. The molecule has 2 rings (SSSR count). The van der Waals surface area contributed by atoms with Gasteiger partial charge in [0, 0.05) is 10.7 Å². The zero-order chi connectivity index (χ0) is 18.6. The van der Waals surface area contributed by atoms with Crippen LogP contribution in [0.1, 0.15) is 49.4 Å². The van der Waals surface area contributed by atoms with Crippen molar-refractivity contribution in [1.29, 1.82) is 0 Å². The second kappa shape index (κ2) is 8.26. The van der Waals surface area contributed by atoms with E-state index in [1.54, 1.807) is 31.4 Å². The topological polar surface area (TPSA) is 50.4 Å². The maximum atomic E-state index is 12.3. The quantitative estimate of drug-likeness (QED) is 0.722. The van der Waals surface area contributed by atoms with Crippen LogP contribution in [-0.4, -0.2) is 13.1 Å². The van der Waals surface area contributed by atoms with Crippen LogP contribution in [0.3, 0.4) is 0 Å². The second-order valence-electron chi connectivity index (χ2n) is 6.43. The standard InChI is InChI=1S/C20H25ClN2O2/c1-12(2)17-11-18(13(3)10-19(17)25-5)14(4)22-20(24)23-16-8-6-15(21)7-9-16/h6-12,14H,1-5H3,(H2,22,23,24)/t14-/m0/s1. The number of urea groups is 1. The lowest BCUT2D eigenvalue weighted by Crippen LogP contribution is -2.31. The number of carbonyl (C=O) groups excluding carboxylic acids is 1. The molecule has 2 amide bonds. The highest BCUT2D eigenvalue weighted by atomic mass is 35.5. The van der Waals surface area contributed by atoms with Crippen molar-refractivity contribution in [2.75, 3.05) is 12.4 Å². The lowest BCUT2D eigenvalue weighted by molar-refractivity contribution is 0.249. The van der Waals surface area contributed by atoms with E-state index in [1.165, 1.54) is 0 Å². The van der Waals surface area contributed by atoms with Crippen molar-refractivity contribution in [3.05, 3.63) is 58.1 Å². The fourth-order valence-corrected chi connectivity index (χ4v) is 2.91. The molecule has 0 unspecified atom stereocenters. The zero-order valence-electron chi connectivity index (χ0n) is 15.3. The van der Waals surface area contributed by atoms with Crippen LogP contribution in [0.2, 0.25) is 5.02 Å². The van der Waals surface area contributed by atoms with Crippen molar-refractivity contribution in [2.45, 2.75) is 39.7 Å². The van der Waals surface area contributed by atoms with E-state index in [9.17, 15) is 4.79 Å². The number of hydrogen-bond donors (Lipinski definition) is 2. The molecule has 1 atom stereocenters. The minimum absolute atomic E-state index is 0.129. The monoisotopic (exact) mass is 360 g/mol. The Balaban J connectivity index is 2.14. The Morgan fingerprint density at radius 1 is 1.08 bits per heavy atom. The highest BCUT2D eigenvalue weighted by molar-refractivity contribution is 6.30. The largest absolute Gasteiger partial charge is 0.496 e. The molecule has 0 heterocycles. The SMILES string of the molecule is COc1cc(C)c([C@H](C)NC(=O)Nc2ccc(Cl)cc2)cc1C(C)C. The van der Waals surface area contributed by atoms with Gasteiger partial charge in [0.15, 0.2) is 0 Å². The number of methoxy groups -OCH3 is 1. The number of amides is 2. The molecule has 0 saturated carbocycles. The highest BCUT2D eigenvalue weighted by Crippen LogP contribution is 2.32. The number of rotatable bonds is 5. The second-order valence-corrected chi connectivity index (χ2v) is 6.87. The lowest BCUT2D eigenvalue weighted by Gasteiger charge is -2.21. The van der Waals surface area contributed by atoms with Gasteiger partial charge in [-0.1, -0.05) is 25.4 Å². The molecule has 0 bridgehead atoms. The first kappa shape index (κ1) is 19.1. The number of nitrogens with one attached hydrogen (secondary N) is 2. The Morgan fingerprint density at radius 2 is 1.72 bits per heavy atom. The summed E-state index contributed by atoms with van der Waals surface area (Å²) in [6, 6.07) is 10.8. The number of carbonyl (C=O) groups is 1. The maximum Gasteiger partial charge on any atom is 0.319 e. The summed E-state index contributed by atoms with van der Waals surface area (Å²) in [4.78, 5) is 12.3. The molecule has 0 aliphatic heterocycles. The van der Waals surface area contributed by atoms with Gasteiger partial charge in [-0.25, -0.2) is 4.79 Å². The predicted molar refractivity (Wildman–Crippen MR) is 104 cm³/mol. The minimum atomic E-state index is -0.254. The van der Waals surface area contributed by atoms with E-state index in [0.29, 0.717) is 16.6 Å². The first-order valence-electron chi connectivity index (χ1n) is 8.33. The van der Waals surface area contributed by atoms with Gasteiger partial charge in [0.05, 0.1) is 13.2 Å². The molecule has 0 spiro atoms. The van der Waals surface area contributed by atoms with Gasteiger partial charge < -0.3 is 15.4 Å². The fourth-order valence-electron chi connectivity index (χ4n) is 2.79. The molecule has 0 fully saturated rings. The van der Waals surface area contributed by atoms with Crippen molar-refractivity contribution < 1.29 is 9.53 Å². The molecule has 2 aromatic carbocycles. The highest BCUT2D eigenvalue weighted by Gasteiger charge is 2.16. The van der Waals surface area contributed by atoms with Crippen molar-refractivity contribution in [3.8, 4) is 5.75 Å². The van der Waals surface area contributed by atoms with E-state index >= 15 is 0 Å². The summed E-state index contributed by atoms with van der Waals surface area (Å²) in [6.07, 6.45) is 0. The van der Waals surface area contributed by atoms with Crippen LogP contribution in [0.4, 0.5) is 10.5 Å². The molecular weight excluding hydrogens is 336 g/mol. The van der Waals surface area contributed by atoms with E-state index < -0.39 is 0 Å². The van der Waals surface area contributed by atoms with Crippen LogP contribution in [0, 0.1) is 6.92 Å². The Labute approximate surface area is 154 Å². The summed E-state index contributed by atoms with van der Waals surface area (Å²) in [5, 5.41) is 6.43. The molecule has 2 aromatic rings. The first-order chi connectivity index (χ1) is 11.8. The van der Waals surface area contributed by atoms with Crippen LogP contribution in [-0.2, 0) is 0 Å². The molecule has 2 N–H and O–H groups in total. The molecule has 0 saturated heterocycles. The average molecular weight is 361 g/mol. The number of aryl methyl sites for hydroxylation is 1. The number of halogens is 1. The van der Waals surface area contributed by atoms with E-state index in [1.807, 2.05) is 19.9 Å². The molecular formula is C20H25ClN2O2. The molecule has 0 aliphatic rings. The average Bonchev–Trinajstić information content (AvgIpc) is 2.56. The Kier molecular flexibility index (Phi) is 6.32. The van der Waals surface area contributed by atoms with Crippen molar-refractivity contribution in [2.24, 2.45) is 0 Å². The summed E-state index contributed by atoms with van der Waals surface area (Å²) < 4.78 is 5.48. The smallest absolute Gasteiger partial charge is 0.319 e. The number of anilines is 1. The van der Waals surface area contributed by atoms with Gasteiger partial charge in [0.2, 0.25) is 0 Å². The summed E-state index contributed by atoms with van der Waals surface area (Å²) >= 11 is 5.86. The van der Waals surface area contributed by atoms with Gasteiger partial charge in [0.25, 0.3) is 0 Å². The molecule has 4 nitrogen and oxygen atoms in total. The molecule has 0 aromatic heterocycles. The van der Waals surface area contributed by atoms with Gasteiger partial charge in [0.1, 0.15) is 5.75 Å². The lowest BCUT2D eigenvalue weighted by atomic mass is 9.93. The Hall–Kier alpha value is -2.20. The van der Waals surface area contributed by atoms with Gasteiger partial charge >= 0.3 is 6.03 Å². The van der Waals surface area contributed by atoms with Crippen molar-refractivity contribution >= 4 is 23.3 Å². The van der Waals surface area contributed by atoms with Crippen LogP contribution >= 0.6 is 11.6 Å². The molecule has 0 radical (unpaired) electrons. The third-order valence-corrected chi connectivity index (χ3v) is 4.41. The van der Waals surface area contributed by atoms with E-state index in [-0.39, 0.29) is 12.1 Å². The van der Waals surface area contributed by atoms with Crippen molar-refractivity contribution in [1.82, 2.24) is 5.32 Å². The fraction of sp³-hybridized carbons (Fsp3) is 0.350. The third kappa shape index (κ3) is 4.89. The van der Waals surface area contributed by atoms with Crippen LogP contribution in [0.15, 0.2) is 36.4 Å². The molecule has 134 valence electrons. The van der Waals surface area contributed by atoms with Crippen molar-refractivity contribution in [3.63, 3.8) is 0 Å². The Bertz CT molecular complexity index is 742. The van der Waals surface area contributed by atoms with E-state index in [2.05, 4.69) is 30.5 Å². The predicted octanol–water partition coefficient (Wildman–Crippen LogP) is 5.66. The van der Waals surface area contributed by atoms with Gasteiger partial charge in [-0.3, -0.25) is 0 Å².